The van der Waals surface area contributed by atoms with Crippen molar-refractivity contribution in [2.45, 2.75) is 25.8 Å². The van der Waals surface area contributed by atoms with E-state index in [9.17, 15) is 9.59 Å². The third kappa shape index (κ3) is 4.68. The van der Waals surface area contributed by atoms with Crippen molar-refractivity contribution in [3.05, 3.63) is 40.4 Å². The molecule has 1 saturated heterocycles. The van der Waals surface area contributed by atoms with Crippen LogP contribution in [0.5, 0.6) is 5.88 Å². The van der Waals surface area contributed by atoms with Crippen LogP contribution in [0.1, 0.15) is 34.5 Å². The van der Waals surface area contributed by atoms with E-state index in [4.69, 9.17) is 20.9 Å². The molecule has 0 saturated carbocycles. The van der Waals surface area contributed by atoms with E-state index >= 15 is 0 Å². The quantitative estimate of drug-likeness (QED) is 0.740. The molecule has 0 radical (unpaired) electrons. The van der Waals surface area contributed by atoms with Crippen LogP contribution in [0, 0.1) is 0 Å². The van der Waals surface area contributed by atoms with Gasteiger partial charge in [0.15, 0.2) is 0 Å². The first kappa shape index (κ1) is 19.7. The Labute approximate surface area is 172 Å². The van der Waals surface area contributed by atoms with Crippen LogP contribution in [0.25, 0.3) is 0 Å². The van der Waals surface area contributed by atoms with Crippen molar-refractivity contribution >= 4 is 23.6 Å². The first-order valence-corrected chi connectivity index (χ1v) is 10.0. The normalized spacial score (nSPS) is 16.5. The zero-order valence-electron chi connectivity index (χ0n) is 15.9. The molecule has 2 amide bonds. The third-order valence-corrected chi connectivity index (χ3v) is 5.36. The van der Waals surface area contributed by atoms with E-state index in [1.807, 2.05) is 0 Å². The van der Waals surface area contributed by atoms with E-state index in [1.54, 1.807) is 17.0 Å². The lowest BCUT2D eigenvalue weighted by atomic mass is 10.1. The fourth-order valence-corrected chi connectivity index (χ4v) is 3.68. The molecule has 9 nitrogen and oxygen atoms in total. The minimum absolute atomic E-state index is 0.102. The average Bonchev–Trinajstić information content (AvgIpc) is 3.38. The van der Waals surface area contributed by atoms with Crippen molar-refractivity contribution in [3.8, 4) is 5.88 Å². The van der Waals surface area contributed by atoms with E-state index in [0.29, 0.717) is 41.6 Å². The molecule has 1 fully saturated rings. The summed E-state index contributed by atoms with van der Waals surface area (Å²) in [5.41, 5.74) is 1.05. The van der Waals surface area contributed by atoms with Crippen LogP contribution in [-0.2, 0) is 13.0 Å². The molecule has 2 aromatic rings. The number of carbonyl (C=O) groups excluding carboxylic acids is 2. The number of hydrogen-bond acceptors (Lipinski definition) is 7. The summed E-state index contributed by atoms with van der Waals surface area (Å²) < 4.78 is 10.6. The zero-order valence-corrected chi connectivity index (χ0v) is 16.7. The smallest absolute Gasteiger partial charge is 0.387 e. The number of hydrogen-bond donors (Lipinski definition) is 1. The van der Waals surface area contributed by atoms with Crippen molar-refractivity contribution in [1.82, 2.24) is 25.3 Å². The standard InChI is InChI=1S/C19H22ClN5O4/c20-16-4-3-13(11-22-16)18(26)25-9-5-15-14(12-25)17(23-29-15)28-19(27)21-6-10-24-7-1-2-8-24/h3-4,11H,1-2,5-10,12H2,(H,21,27). The van der Waals surface area contributed by atoms with Crippen LogP contribution < -0.4 is 10.1 Å². The molecule has 2 aliphatic rings. The molecule has 1 N–H and O–H groups in total. The lowest BCUT2D eigenvalue weighted by Gasteiger charge is -2.25. The molecule has 4 rings (SSSR count). The number of nitrogens with zero attached hydrogens (tertiary/aromatic N) is 4. The van der Waals surface area contributed by atoms with Gasteiger partial charge in [0.25, 0.3) is 11.8 Å². The maximum atomic E-state index is 12.7. The molecular weight excluding hydrogens is 398 g/mol. The van der Waals surface area contributed by atoms with Gasteiger partial charge in [-0.25, -0.2) is 9.78 Å². The van der Waals surface area contributed by atoms with Gasteiger partial charge < -0.3 is 24.4 Å². The second-order valence-corrected chi connectivity index (χ2v) is 7.49. The van der Waals surface area contributed by atoms with Crippen molar-refractivity contribution in [2.75, 3.05) is 32.7 Å². The van der Waals surface area contributed by atoms with Crippen molar-refractivity contribution < 1.29 is 18.8 Å². The predicted octanol–water partition coefficient (Wildman–Crippen LogP) is 2.11. The molecule has 0 bridgehead atoms. The highest BCUT2D eigenvalue weighted by Gasteiger charge is 2.29. The third-order valence-electron chi connectivity index (χ3n) is 5.14. The minimum Gasteiger partial charge on any atom is -0.387 e. The summed E-state index contributed by atoms with van der Waals surface area (Å²) in [5.74, 6) is 0.551. The Kier molecular flexibility index (Phi) is 5.96. The molecule has 0 aliphatic carbocycles. The summed E-state index contributed by atoms with van der Waals surface area (Å²) in [6.07, 6.45) is 3.77. The first-order valence-electron chi connectivity index (χ1n) is 9.66. The van der Waals surface area contributed by atoms with Crippen molar-refractivity contribution in [2.24, 2.45) is 0 Å². The number of pyridine rings is 1. The molecule has 29 heavy (non-hydrogen) atoms. The monoisotopic (exact) mass is 419 g/mol. The van der Waals surface area contributed by atoms with Gasteiger partial charge in [0.1, 0.15) is 10.9 Å². The maximum Gasteiger partial charge on any atom is 0.414 e. The minimum atomic E-state index is -0.578. The molecule has 0 atom stereocenters. The van der Waals surface area contributed by atoms with E-state index in [-0.39, 0.29) is 18.3 Å². The average molecular weight is 420 g/mol. The second kappa shape index (κ2) is 8.79. The van der Waals surface area contributed by atoms with Gasteiger partial charge >= 0.3 is 6.09 Å². The summed E-state index contributed by atoms with van der Waals surface area (Å²) in [4.78, 5) is 32.7. The number of amides is 2. The summed E-state index contributed by atoms with van der Waals surface area (Å²) in [5, 5.41) is 6.93. The topological polar surface area (TPSA) is 101 Å². The number of rotatable bonds is 5. The summed E-state index contributed by atoms with van der Waals surface area (Å²) in [7, 11) is 0. The van der Waals surface area contributed by atoms with Gasteiger partial charge in [-0.3, -0.25) is 4.79 Å². The molecule has 0 unspecified atom stereocenters. The molecule has 2 aromatic heterocycles. The Balaban J connectivity index is 1.34. The second-order valence-electron chi connectivity index (χ2n) is 7.10. The summed E-state index contributed by atoms with van der Waals surface area (Å²) in [6.45, 7) is 4.17. The molecule has 0 spiro atoms. The van der Waals surface area contributed by atoms with E-state index < -0.39 is 6.09 Å². The van der Waals surface area contributed by atoms with Crippen molar-refractivity contribution in [1.29, 1.82) is 0 Å². The SMILES string of the molecule is O=C(NCCN1CCCC1)Oc1noc2c1CN(C(=O)c1ccc(Cl)nc1)CC2. The molecule has 2 aliphatic heterocycles. The predicted molar refractivity (Wildman–Crippen MR) is 104 cm³/mol. The number of likely N-dealkylation sites (tertiary alicyclic amines) is 1. The summed E-state index contributed by atoms with van der Waals surface area (Å²) in [6, 6.07) is 3.20. The van der Waals surface area contributed by atoms with Crippen LogP contribution in [0.4, 0.5) is 4.79 Å². The fraction of sp³-hybridized carbons (Fsp3) is 0.474. The Hall–Kier alpha value is -2.65. The van der Waals surface area contributed by atoms with Gasteiger partial charge in [-0.15, -0.1) is 0 Å². The first-order chi connectivity index (χ1) is 14.1. The molecule has 0 aromatic carbocycles. The van der Waals surface area contributed by atoms with Crippen LogP contribution in [0.15, 0.2) is 22.9 Å². The number of aromatic nitrogens is 2. The van der Waals surface area contributed by atoms with E-state index in [2.05, 4.69) is 20.4 Å². The van der Waals surface area contributed by atoms with Crippen molar-refractivity contribution in [3.63, 3.8) is 0 Å². The molecule has 10 heteroatoms. The van der Waals surface area contributed by atoms with Gasteiger partial charge in [0.2, 0.25) is 0 Å². The lowest BCUT2D eigenvalue weighted by molar-refractivity contribution is 0.0728. The van der Waals surface area contributed by atoms with E-state index in [1.165, 1.54) is 19.0 Å². The maximum absolute atomic E-state index is 12.7. The molecule has 4 heterocycles. The highest BCUT2D eigenvalue weighted by molar-refractivity contribution is 6.29. The van der Waals surface area contributed by atoms with E-state index in [0.717, 1.165) is 19.6 Å². The van der Waals surface area contributed by atoms with Gasteiger partial charge in [-0.05, 0) is 43.2 Å². The number of nitrogens with one attached hydrogen (secondary N) is 1. The number of ether oxygens (including phenoxy) is 1. The van der Waals surface area contributed by atoms with Crippen LogP contribution in [-0.4, -0.2) is 64.7 Å². The lowest BCUT2D eigenvalue weighted by Crippen LogP contribution is -2.37. The van der Waals surface area contributed by atoms with Gasteiger partial charge in [-0.1, -0.05) is 11.6 Å². The van der Waals surface area contributed by atoms with Gasteiger partial charge in [0, 0.05) is 32.3 Å². The Bertz CT molecular complexity index is 879. The van der Waals surface area contributed by atoms with Gasteiger partial charge in [-0.2, -0.15) is 0 Å². The van der Waals surface area contributed by atoms with Crippen LogP contribution >= 0.6 is 11.6 Å². The number of halogens is 1. The van der Waals surface area contributed by atoms with Crippen LogP contribution in [0.3, 0.4) is 0 Å². The number of carbonyl (C=O) groups is 2. The number of fused-ring (bicyclic) bond motifs is 1. The highest BCUT2D eigenvalue weighted by atomic mass is 35.5. The molecule has 154 valence electrons. The Morgan fingerprint density at radius 2 is 2.07 bits per heavy atom. The fourth-order valence-electron chi connectivity index (χ4n) is 3.57. The Morgan fingerprint density at radius 1 is 1.24 bits per heavy atom. The van der Waals surface area contributed by atoms with Gasteiger partial charge in [0.05, 0.1) is 17.7 Å². The Morgan fingerprint density at radius 3 is 2.83 bits per heavy atom. The largest absolute Gasteiger partial charge is 0.414 e. The molecular formula is C19H22ClN5O4. The summed E-state index contributed by atoms with van der Waals surface area (Å²) >= 11 is 5.78. The highest BCUT2D eigenvalue weighted by Crippen LogP contribution is 2.28. The zero-order chi connectivity index (χ0) is 20.2. The van der Waals surface area contributed by atoms with Crippen LogP contribution in [0.2, 0.25) is 5.15 Å².